The lowest BCUT2D eigenvalue weighted by Crippen LogP contribution is -2.02. The molecule has 0 amide bonds. The number of hydrogen-bond donors (Lipinski definition) is 1. The highest BCUT2D eigenvalue weighted by Gasteiger charge is 2.02. The van der Waals surface area contributed by atoms with Crippen molar-refractivity contribution in [3.05, 3.63) is 18.6 Å². The molecule has 0 saturated heterocycles. The van der Waals surface area contributed by atoms with Crippen LogP contribution in [0.2, 0.25) is 0 Å². The summed E-state index contributed by atoms with van der Waals surface area (Å²) in [6, 6.07) is 0. The summed E-state index contributed by atoms with van der Waals surface area (Å²) in [6.07, 6.45) is 5.34. The van der Waals surface area contributed by atoms with Crippen LogP contribution in [0.1, 0.15) is 6.92 Å². The van der Waals surface area contributed by atoms with Crippen LogP contribution in [0, 0.1) is 0 Å². The van der Waals surface area contributed by atoms with Crippen LogP contribution in [0.25, 0.3) is 0 Å². The molecule has 0 aliphatic heterocycles. The minimum atomic E-state index is 0.794. The quantitative estimate of drug-likeness (QED) is 0.780. The van der Waals surface area contributed by atoms with Crippen LogP contribution in [-0.2, 0) is 13.6 Å². The Morgan fingerprint density at radius 3 is 2.93 bits per heavy atom. The highest BCUT2D eigenvalue weighted by molar-refractivity contribution is 5.52. The van der Waals surface area contributed by atoms with E-state index in [1.54, 1.807) is 21.8 Å². The number of anilines is 2. The summed E-state index contributed by atoms with van der Waals surface area (Å²) in [5.41, 5.74) is 0.935. The Kier molecular flexibility index (Phi) is 2.18. The predicted molar refractivity (Wildman–Crippen MR) is 52.2 cm³/mol. The van der Waals surface area contributed by atoms with Crippen molar-refractivity contribution in [1.29, 1.82) is 0 Å². The number of nitrogens with one attached hydrogen (secondary N) is 1. The molecule has 0 radical (unpaired) electrons. The Hall–Kier alpha value is -1.85. The fourth-order valence-electron chi connectivity index (χ4n) is 1.22. The molecule has 1 N–H and O–H groups in total. The van der Waals surface area contributed by atoms with Crippen molar-refractivity contribution in [3.63, 3.8) is 0 Å². The van der Waals surface area contributed by atoms with E-state index in [9.17, 15) is 0 Å². The van der Waals surface area contributed by atoms with Crippen molar-refractivity contribution < 1.29 is 0 Å². The van der Waals surface area contributed by atoms with Crippen molar-refractivity contribution in [2.45, 2.75) is 13.5 Å². The third kappa shape index (κ3) is 1.59. The van der Waals surface area contributed by atoms with Gasteiger partial charge in [0.1, 0.15) is 5.82 Å². The average molecular weight is 192 g/mol. The van der Waals surface area contributed by atoms with E-state index in [2.05, 4.69) is 20.7 Å². The summed E-state index contributed by atoms with van der Waals surface area (Å²) >= 11 is 0. The third-order valence-electron chi connectivity index (χ3n) is 1.89. The summed E-state index contributed by atoms with van der Waals surface area (Å²) in [4.78, 5) is 0. The molecular weight excluding hydrogens is 180 g/mol. The van der Waals surface area contributed by atoms with Gasteiger partial charge in [-0.2, -0.15) is 5.10 Å². The molecule has 0 unspecified atom stereocenters. The van der Waals surface area contributed by atoms with Crippen molar-refractivity contribution in [3.8, 4) is 0 Å². The first kappa shape index (κ1) is 8.74. The molecule has 2 heterocycles. The second-order valence-electron chi connectivity index (χ2n) is 2.96. The monoisotopic (exact) mass is 192 g/mol. The molecule has 2 rings (SSSR count). The summed E-state index contributed by atoms with van der Waals surface area (Å²) in [5.74, 6) is 0.875. The van der Waals surface area contributed by atoms with E-state index in [-0.39, 0.29) is 0 Å². The number of hydrogen-bond acceptors (Lipinski definition) is 4. The topological polar surface area (TPSA) is 60.6 Å². The number of aromatic nitrogens is 5. The number of nitrogens with zero attached hydrogens (tertiary/aromatic N) is 5. The molecule has 0 fully saturated rings. The maximum absolute atomic E-state index is 4.06. The summed E-state index contributed by atoms with van der Waals surface area (Å²) < 4.78 is 3.52. The largest absolute Gasteiger partial charge is 0.337 e. The van der Waals surface area contributed by atoms with Crippen LogP contribution in [0.15, 0.2) is 18.6 Å². The fraction of sp³-hybridized carbons (Fsp3) is 0.375. The molecule has 74 valence electrons. The van der Waals surface area contributed by atoms with Gasteiger partial charge in [0.25, 0.3) is 0 Å². The molecular formula is C8H12N6. The molecule has 2 aromatic rings. The van der Waals surface area contributed by atoms with Gasteiger partial charge in [-0.25, -0.2) is 4.68 Å². The molecule has 0 bridgehead atoms. The molecule has 14 heavy (non-hydrogen) atoms. The van der Waals surface area contributed by atoms with Crippen LogP contribution < -0.4 is 5.32 Å². The van der Waals surface area contributed by atoms with Crippen molar-refractivity contribution in [2.75, 3.05) is 5.32 Å². The minimum absolute atomic E-state index is 0.794. The lowest BCUT2D eigenvalue weighted by Gasteiger charge is -2.03. The maximum Gasteiger partial charge on any atom is 0.149 e. The zero-order valence-electron chi connectivity index (χ0n) is 8.18. The van der Waals surface area contributed by atoms with E-state index in [0.717, 1.165) is 18.1 Å². The first-order chi connectivity index (χ1) is 6.79. The van der Waals surface area contributed by atoms with Crippen LogP contribution in [0.3, 0.4) is 0 Å². The smallest absolute Gasteiger partial charge is 0.149 e. The van der Waals surface area contributed by atoms with E-state index in [1.807, 2.05) is 20.2 Å². The SMILES string of the molecule is CCn1nncc1Nc1cnn(C)c1. The second-order valence-corrected chi connectivity index (χ2v) is 2.96. The Labute approximate surface area is 81.5 Å². The van der Waals surface area contributed by atoms with E-state index >= 15 is 0 Å². The first-order valence-electron chi connectivity index (χ1n) is 4.43. The molecule has 0 saturated carbocycles. The van der Waals surface area contributed by atoms with Crippen LogP contribution >= 0.6 is 0 Å². The van der Waals surface area contributed by atoms with Gasteiger partial charge < -0.3 is 5.32 Å². The zero-order valence-corrected chi connectivity index (χ0v) is 8.18. The average Bonchev–Trinajstić information content (AvgIpc) is 2.76. The normalized spacial score (nSPS) is 10.4. The van der Waals surface area contributed by atoms with Gasteiger partial charge in [-0.15, -0.1) is 5.10 Å². The fourth-order valence-corrected chi connectivity index (χ4v) is 1.22. The number of aryl methyl sites for hydroxylation is 2. The first-order valence-corrected chi connectivity index (χ1v) is 4.43. The Morgan fingerprint density at radius 1 is 1.43 bits per heavy atom. The van der Waals surface area contributed by atoms with Gasteiger partial charge in [0.15, 0.2) is 0 Å². The van der Waals surface area contributed by atoms with Gasteiger partial charge in [-0.1, -0.05) is 5.21 Å². The molecule has 0 aliphatic carbocycles. The van der Waals surface area contributed by atoms with Gasteiger partial charge >= 0.3 is 0 Å². The molecule has 0 atom stereocenters. The van der Waals surface area contributed by atoms with Crippen molar-refractivity contribution in [2.24, 2.45) is 7.05 Å². The summed E-state index contributed by atoms with van der Waals surface area (Å²) in [5, 5.41) is 15.0. The van der Waals surface area contributed by atoms with Gasteiger partial charge in [0.2, 0.25) is 0 Å². The lowest BCUT2D eigenvalue weighted by atomic mass is 10.5. The maximum atomic E-state index is 4.06. The van der Waals surface area contributed by atoms with Crippen molar-refractivity contribution in [1.82, 2.24) is 24.8 Å². The Bertz CT molecular complexity index is 415. The molecule has 6 heteroatoms. The lowest BCUT2D eigenvalue weighted by molar-refractivity contribution is 0.633. The van der Waals surface area contributed by atoms with Crippen LogP contribution in [0.4, 0.5) is 11.5 Å². The third-order valence-corrected chi connectivity index (χ3v) is 1.89. The van der Waals surface area contributed by atoms with E-state index < -0.39 is 0 Å². The molecule has 0 aliphatic rings. The van der Waals surface area contributed by atoms with E-state index in [0.29, 0.717) is 0 Å². The van der Waals surface area contributed by atoms with Gasteiger partial charge in [-0.05, 0) is 6.92 Å². The Morgan fingerprint density at radius 2 is 2.29 bits per heavy atom. The number of rotatable bonds is 3. The molecule has 0 spiro atoms. The molecule has 0 aromatic carbocycles. The van der Waals surface area contributed by atoms with Gasteiger partial charge in [-0.3, -0.25) is 4.68 Å². The molecule has 6 nitrogen and oxygen atoms in total. The summed E-state index contributed by atoms with van der Waals surface area (Å²) in [6.45, 7) is 2.81. The van der Waals surface area contributed by atoms with E-state index in [4.69, 9.17) is 0 Å². The Balaban J connectivity index is 2.18. The molecule has 2 aromatic heterocycles. The highest BCUT2D eigenvalue weighted by atomic mass is 15.5. The van der Waals surface area contributed by atoms with Gasteiger partial charge in [0.05, 0.1) is 18.1 Å². The second kappa shape index (κ2) is 3.49. The van der Waals surface area contributed by atoms with Crippen molar-refractivity contribution >= 4 is 11.5 Å². The zero-order chi connectivity index (χ0) is 9.97. The predicted octanol–water partition coefficient (Wildman–Crippen LogP) is 0.775. The minimum Gasteiger partial charge on any atom is -0.337 e. The highest BCUT2D eigenvalue weighted by Crippen LogP contribution is 2.13. The van der Waals surface area contributed by atoms with Gasteiger partial charge in [0, 0.05) is 19.8 Å². The van der Waals surface area contributed by atoms with E-state index in [1.165, 1.54) is 0 Å². The summed E-state index contributed by atoms with van der Waals surface area (Å²) in [7, 11) is 1.88. The van der Waals surface area contributed by atoms with Crippen LogP contribution in [-0.4, -0.2) is 24.8 Å². The standard InChI is InChI=1S/C8H12N6/c1-3-14-8(5-9-12-14)11-7-4-10-13(2)6-7/h4-6,11H,3H2,1-2H3. The van der Waals surface area contributed by atoms with Crippen LogP contribution in [0.5, 0.6) is 0 Å².